The largest absolute Gasteiger partial charge is 0.462 e. The molecule has 0 unspecified atom stereocenters. The number of hydrogen-bond acceptors (Lipinski definition) is 8. The number of nitrogens with zero attached hydrogens (tertiary/aromatic N) is 3. The molecule has 2 N–H and O–H groups in total. The fraction of sp³-hybridized carbons (Fsp3) is 0.273. The Kier molecular flexibility index (Phi) is 7.95. The molecule has 0 aliphatic carbocycles. The molecule has 4 aromatic heterocycles. The molecule has 0 amide bonds. The summed E-state index contributed by atoms with van der Waals surface area (Å²) in [5, 5.41) is 1.98. The molecule has 0 fully saturated rings. The first-order valence-electron chi connectivity index (χ1n) is 9.89. The molecule has 162 valence electrons. The van der Waals surface area contributed by atoms with E-state index in [0.29, 0.717) is 28.1 Å². The number of pyridine rings is 1. The van der Waals surface area contributed by atoms with Crippen LogP contribution < -0.4 is 5.73 Å². The Bertz CT molecular complexity index is 1180. The summed E-state index contributed by atoms with van der Waals surface area (Å²) in [6.45, 7) is 6.31. The van der Waals surface area contributed by atoms with Gasteiger partial charge in [-0.15, -0.1) is 22.7 Å². The number of aromatic nitrogens is 3. The first kappa shape index (κ1) is 23.1. The topological polar surface area (TPSA) is 91.0 Å². The van der Waals surface area contributed by atoms with Gasteiger partial charge in [0.15, 0.2) is 5.82 Å². The van der Waals surface area contributed by atoms with Crippen molar-refractivity contribution in [2.45, 2.75) is 33.6 Å². The van der Waals surface area contributed by atoms with Gasteiger partial charge < -0.3 is 10.5 Å². The Hall–Kier alpha value is -2.55. The van der Waals surface area contributed by atoms with Crippen molar-refractivity contribution in [3.63, 3.8) is 0 Å². The number of nitrogen functional groups attached to an aromatic ring is 1. The molecule has 4 rings (SSSR count). The molecule has 0 atom stereocenters. The average molecular weight is 475 g/mol. The Morgan fingerprint density at radius 2 is 1.84 bits per heavy atom. The Morgan fingerprint density at radius 1 is 1.10 bits per heavy atom. The van der Waals surface area contributed by atoms with Crippen molar-refractivity contribution in [3.8, 4) is 11.5 Å². The summed E-state index contributed by atoms with van der Waals surface area (Å²) < 4.78 is 4.85. The zero-order valence-electron chi connectivity index (χ0n) is 17.5. The van der Waals surface area contributed by atoms with Gasteiger partial charge in [-0.3, -0.25) is 4.98 Å². The highest BCUT2D eigenvalue weighted by Crippen LogP contribution is 2.31. The van der Waals surface area contributed by atoms with Crippen LogP contribution in [-0.4, -0.2) is 27.5 Å². The Balaban J connectivity index is 0.000000187. The van der Waals surface area contributed by atoms with Crippen LogP contribution in [0.4, 0.5) is 5.00 Å². The number of carbonyl (C=O) groups excluding carboxylic acids is 1. The molecule has 0 aliphatic rings. The Labute approximate surface area is 194 Å². The molecule has 0 saturated heterocycles. The van der Waals surface area contributed by atoms with Crippen LogP contribution in [0.3, 0.4) is 0 Å². The van der Waals surface area contributed by atoms with E-state index >= 15 is 0 Å². The zero-order valence-corrected chi connectivity index (χ0v) is 19.9. The highest BCUT2D eigenvalue weighted by atomic mass is 35.5. The summed E-state index contributed by atoms with van der Waals surface area (Å²) in [4.78, 5) is 27.7. The lowest BCUT2D eigenvalue weighted by molar-refractivity contribution is 0.0528. The first-order chi connectivity index (χ1) is 15.0. The SMILES string of the molecule is CCOC(=O)c1cc(CC)sc1N.CCc1cc2c(Cl)nc(-c3ccccn3)nc2s1. The van der Waals surface area contributed by atoms with E-state index in [0.717, 1.165) is 33.6 Å². The second kappa shape index (κ2) is 10.7. The van der Waals surface area contributed by atoms with Crippen LogP contribution in [0.15, 0.2) is 36.5 Å². The van der Waals surface area contributed by atoms with Gasteiger partial charge in [-0.25, -0.2) is 14.8 Å². The minimum absolute atomic E-state index is 0.323. The molecule has 9 heteroatoms. The highest BCUT2D eigenvalue weighted by molar-refractivity contribution is 7.18. The fourth-order valence-electron chi connectivity index (χ4n) is 2.72. The normalized spacial score (nSPS) is 10.6. The predicted octanol–water partition coefficient (Wildman–Crippen LogP) is 6.04. The fourth-order valence-corrected chi connectivity index (χ4v) is 4.82. The number of aryl methyl sites for hydroxylation is 2. The standard InChI is InChI=1S/C13H10ClN3S.C9H13NO2S/c1-2-8-7-9-11(14)16-12(17-13(9)18-8)10-5-3-4-6-15-10;1-3-6-5-7(8(10)13-6)9(11)12-4-2/h3-7H,2H2,1H3;5H,3-4,10H2,1-2H3. The van der Waals surface area contributed by atoms with Crippen molar-refractivity contribution >= 4 is 55.5 Å². The minimum atomic E-state index is -0.323. The number of hydrogen-bond donors (Lipinski definition) is 1. The number of ether oxygens (including phenoxy) is 1. The van der Waals surface area contributed by atoms with Gasteiger partial charge >= 0.3 is 5.97 Å². The molecule has 0 aliphatic heterocycles. The van der Waals surface area contributed by atoms with Gasteiger partial charge in [-0.2, -0.15) is 0 Å². The predicted molar refractivity (Wildman–Crippen MR) is 129 cm³/mol. The molecule has 0 spiro atoms. The van der Waals surface area contributed by atoms with Crippen LogP contribution in [0.2, 0.25) is 5.15 Å². The molecule has 0 radical (unpaired) electrons. The molecule has 31 heavy (non-hydrogen) atoms. The number of anilines is 1. The van der Waals surface area contributed by atoms with Crippen molar-refractivity contribution in [1.29, 1.82) is 0 Å². The minimum Gasteiger partial charge on any atom is -0.462 e. The van der Waals surface area contributed by atoms with Crippen molar-refractivity contribution < 1.29 is 9.53 Å². The van der Waals surface area contributed by atoms with Crippen molar-refractivity contribution in [2.24, 2.45) is 0 Å². The second-order valence-corrected chi connectivity index (χ2v) is 9.04. The maximum absolute atomic E-state index is 11.3. The maximum atomic E-state index is 11.3. The second-order valence-electron chi connectivity index (χ2n) is 6.40. The van der Waals surface area contributed by atoms with E-state index in [2.05, 4.69) is 27.9 Å². The van der Waals surface area contributed by atoms with Gasteiger partial charge in [0.05, 0.1) is 12.2 Å². The van der Waals surface area contributed by atoms with Gasteiger partial charge in [0.1, 0.15) is 20.7 Å². The number of rotatable bonds is 5. The smallest absolute Gasteiger partial charge is 0.341 e. The number of fused-ring (bicyclic) bond motifs is 1. The third-order valence-electron chi connectivity index (χ3n) is 4.30. The number of thiophene rings is 2. The molecule has 4 aromatic rings. The van der Waals surface area contributed by atoms with Crippen molar-refractivity contribution in [3.05, 3.63) is 57.0 Å². The van der Waals surface area contributed by atoms with E-state index in [1.54, 1.807) is 30.5 Å². The molecule has 0 saturated carbocycles. The van der Waals surface area contributed by atoms with E-state index < -0.39 is 0 Å². The third-order valence-corrected chi connectivity index (χ3v) is 6.87. The molecule has 0 bridgehead atoms. The lowest BCUT2D eigenvalue weighted by Crippen LogP contribution is -2.05. The number of halogens is 1. The van der Waals surface area contributed by atoms with Gasteiger partial charge in [0.2, 0.25) is 0 Å². The van der Waals surface area contributed by atoms with E-state index in [4.69, 9.17) is 22.1 Å². The molecular formula is C22H23ClN4O2S2. The average Bonchev–Trinajstić information content (AvgIpc) is 3.38. The summed E-state index contributed by atoms with van der Waals surface area (Å²) >= 11 is 9.31. The van der Waals surface area contributed by atoms with Crippen LogP contribution in [0.1, 0.15) is 40.9 Å². The lowest BCUT2D eigenvalue weighted by atomic mass is 10.2. The number of carbonyl (C=O) groups is 1. The van der Waals surface area contributed by atoms with E-state index in [9.17, 15) is 4.79 Å². The monoisotopic (exact) mass is 474 g/mol. The van der Waals surface area contributed by atoms with Gasteiger partial charge in [0.25, 0.3) is 0 Å². The van der Waals surface area contributed by atoms with E-state index in [-0.39, 0.29) is 5.97 Å². The molecule has 0 aromatic carbocycles. The Morgan fingerprint density at radius 3 is 2.45 bits per heavy atom. The highest BCUT2D eigenvalue weighted by Gasteiger charge is 2.14. The molecule has 6 nitrogen and oxygen atoms in total. The van der Waals surface area contributed by atoms with Gasteiger partial charge in [-0.05, 0) is 44.0 Å². The summed E-state index contributed by atoms with van der Waals surface area (Å²) in [5.74, 6) is 0.258. The number of nitrogens with two attached hydrogens (primary N) is 1. The van der Waals surface area contributed by atoms with E-state index in [1.807, 2.05) is 25.1 Å². The summed E-state index contributed by atoms with van der Waals surface area (Å²) in [6, 6.07) is 9.52. The summed E-state index contributed by atoms with van der Waals surface area (Å²) in [5.41, 5.74) is 6.91. The lowest BCUT2D eigenvalue weighted by Gasteiger charge is -2.00. The quantitative estimate of drug-likeness (QED) is 0.280. The van der Waals surface area contributed by atoms with Crippen molar-refractivity contribution in [2.75, 3.05) is 12.3 Å². The molecule has 4 heterocycles. The van der Waals surface area contributed by atoms with Crippen LogP contribution >= 0.6 is 34.3 Å². The van der Waals surface area contributed by atoms with E-state index in [1.165, 1.54) is 16.2 Å². The first-order valence-corrected chi connectivity index (χ1v) is 11.9. The summed E-state index contributed by atoms with van der Waals surface area (Å²) in [7, 11) is 0. The summed E-state index contributed by atoms with van der Waals surface area (Å²) in [6.07, 6.45) is 3.60. The maximum Gasteiger partial charge on any atom is 0.341 e. The van der Waals surface area contributed by atoms with Gasteiger partial charge in [0, 0.05) is 21.3 Å². The van der Waals surface area contributed by atoms with Crippen LogP contribution in [0, 0.1) is 0 Å². The number of esters is 1. The van der Waals surface area contributed by atoms with Crippen molar-refractivity contribution in [1.82, 2.24) is 15.0 Å². The van der Waals surface area contributed by atoms with Gasteiger partial charge in [-0.1, -0.05) is 31.5 Å². The van der Waals surface area contributed by atoms with Crippen LogP contribution in [0.5, 0.6) is 0 Å². The third kappa shape index (κ3) is 5.58. The molecular weight excluding hydrogens is 452 g/mol. The van der Waals surface area contributed by atoms with Crippen LogP contribution in [-0.2, 0) is 17.6 Å². The zero-order chi connectivity index (χ0) is 22.4. The van der Waals surface area contributed by atoms with Crippen LogP contribution in [0.25, 0.3) is 21.7 Å².